The number of esters is 1. The highest BCUT2D eigenvalue weighted by Crippen LogP contribution is 2.41. The van der Waals surface area contributed by atoms with E-state index >= 15 is 0 Å². The lowest BCUT2D eigenvalue weighted by atomic mass is 9.77. The summed E-state index contributed by atoms with van der Waals surface area (Å²) in [6.07, 6.45) is 2.21. The van der Waals surface area contributed by atoms with E-state index in [1.54, 1.807) is 23.6 Å². The van der Waals surface area contributed by atoms with Crippen molar-refractivity contribution in [3.8, 4) is 0 Å². The molecule has 4 rings (SSSR count). The van der Waals surface area contributed by atoms with E-state index in [0.717, 1.165) is 26.4 Å². The third-order valence-electron chi connectivity index (χ3n) is 6.94. The van der Waals surface area contributed by atoms with Gasteiger partial charge in [0.05, 0.1) is 23.3 Å². The second-order valence-electron chi connectivity index (χ2n) is 8.92. The topological polar surface area (TPSA) is 136 Å². The van der Waals surface area contributed by atoms with Crippen LogP contribution in [0.3, 0.4) is 0 Å². The molecule has 1 aromatic heterocycles. The highest BCUT2D eigenvalue weighted by molar-refractivity contribution is 6.08. The third kappa shape index (κ3) is 4.02. The Labute approximate surface area is 195 Å². The van der Waals surface area contributed by atoms with Gasteiger partial charge in [-0.2, -0.15) is 0 Å². The minimum Gasteiger partial charge on any atom is -0.465 e. The number of aromatic nitrogens is 1. The lowest BCUT2D eigenvalue weighted by Gasteiger charge is -2.39. The summed E-state index contributed by atoms with van der Waals surface area (Å²) in [5.74, 6) is -0.957. The smallest absolute Gasteiger partial charge is 0.345 e. The highest BCUT2D eigenvalue weighted by Gasteiger charge is 2.44. The maximum absolute atomic E-state index is 13.3. The van der Waals surface area contributed by atoms with E-state index in [2.05, 4.69) is 5.16 Å². The van der Waals surface area contributed by atoms with E-state index in [1.807, 2.05) is 0 Å². The molecular formula is C23H26N4O7. The number of carbonyl (C=O) groups excluding carboxylic acids is 3. The number of carbonyl (C=O) groups is 3. The van der Waals surface area contributed by atoms with E-state index in [-0.39, 0.29) is 22.4 Å². The Hall–Kier alpha value is -3.76. The zero-order valence-electron chi connectivity index (χ0n) is 19.3. The van der Waals surface area contributed by atoms with Crippen molar-refractivity contribution < 1.29 is 28.6 Å². The average Bonchev–Trinajstić information content (AvgIpc) is 3.40. The number of likely N-dealkylation sites (tertiary alicyclic amines) is 2. The molecule has 0 unspecified atom stereocenters. The van der Waals surface area contributed by atoms with Gasteiger partial charge in [-0.15, -0.1) is 0 Å². The van der Waals surface area contributed by atoms with Crippen molar-refractivity contribution >= 4 is 23.5 Å². The Morgan fingerprint density at radius 1 is 1.06 bits per heavy atom. The molecule has 2 fully saturated rings. The first-order chi connectivity index (χ1) is 16.2. The molecule has 34 heavy (non-hydrogen) atoms. The number of hydrogen-bond donors (Lipinski definition) is 0. The molecule has 2 amide bonds. The summed E-state index contributed by atoms with van der Waals surface area (Å²) in [6, 6.07) is 3.99. The van der Waals surface area contributed by atoms with Crippen LogP contribution in [0, 0.1) is 29.4 Å². The van der Waals surface area contributed by atoms with E-state index in [0.29, 0.717) is 43.2 Å². The van der Waals surface area contributed by atoms with Crippen LogP contribution in [0.15, 0.2) is 22.7 Å². The molecule has 0 aliphatic carbocycles. The number of benzene rings is 1. The molecule has 180 valence electrons. The highest BCUT2D eigenvalue weighted by atomic mass is 16.6. The Kier molecular flexibility index (Phi) is 6.11. The number of piperidine rings is 1. The summed E-state index contributed by atoms with van der Waals surface area (Å²) in [7, 11) is 1.12. The Morgan fingerprint density at radius 3 is 2.26 bits per heavy atom. The number of ether oxygens (including phenoxy) is 1. The molecule has 0 atom stereocenters. The van der Waals surface area contributed by atoms with Crippen LogP contribution in [-0.4, -0.2) is 71.0 Å². The van der Waals surface area contributed by atoms with Gasteiger partial charge in [-0.3, -0.25) is 19.7 Å². The molecule has 0 saturated carbocycles. The van der Waals surface area contributed by atoms with Gasteiger partial charge >= 0.3 is 5.97 Å². The van der Waals surface area contributed by atoms with Gasteiger partial charge in [0, 0.05) is 32.2 Å². The molecule has 1 aromatic carbocycles. The molecule has 0 N–H and O–H groups in total. The van der Waals surface area contributed by atoms with Crippen LogP contribution in [0.25, 0.3) is 0 Å². The van der Waals surface area contributed by atoms with Crippen molar-refractivity contribution in [2.24, 2.45) is 5.41 Å². The average molecular weight is 470 g/mol. The number of nitro groups is 1. The molecule has 2 saturated heterocycles. The van der Waals surface area contributed by atoms with Crippen LogP contribution in [0.5, 0.6) is 0 Å². The van der Waals surface area contributed by atoms with Crippen LogP contribution in [0.1, 0.15) is 61.8 Å². The molecular weight excluding hydrogens is 444 g/mol. The van der Waals surface area contributed by atoms with Crippen LogP contribution < -0.4 is 0 Å². The molecule has 2 aliphatic heterocycles. The first-order valence-electron chi connectivity index (χ1n) is 11.0. The summed E-state index contributed by atoms with van der Waals surface area (Å²) in [6.45, 7) is 5.49. The number of hydrogen-bond acceptors (Lipinski definition) is 8. The molecule has 2 aromatic rings. The fraction of sp³-hybridized carbons (Fsp3) is 0.478. The SMILES string of the molecule is COC(=O)c1c(C(=O)N2CCC3(CCN(C(=O)c4c(C)noc4C)CC3)C2)cccc1[N+](=O)[O-]. The summed E-state index contributed by atoms with van der Waals surface area (Å²) in [5, 5.41) is 15.3. The number of nitrogens with zero attached hydrogens (tertiary/aromatic N) is 4. The fourth-order valence-corrected chi connectivity index (χ4v) is 5.00. The van der Waals surface area contributed by atoms with Crippen molar-refractivity contribution in [1.82, 2.24) is 15.0 Å². The fourth-order valence-electron chi connectivity index (χ4n) is 5.00. The van der Waals surface area contributed by atoms with E-state index in [1.165, 1.54) is 18.2 Å². The van der Waals surface area contributed by atoms with Gasteiger partial charge in [0.2, 0.25) is 0 Å². The van der Waals surface area contributed by atoms with E-state index in [4.69, 9.17) is 9.26 Å². The Morgan fingerprint density at radius 2 is 1.71 bits per heavy atom. The van der Waals surface area contributed by atoms with Gasteiger partial charge in [0.25, 0.3) is 17.5 Å². The zero-order valence-corrected chi connectivity index (χ0v) is 19.3. The number of methoxy groups -OCH3 is 1. The first kappa shape index (κ1) is 23.4. The number of rotatable bonds is 4. The number of amides is 2. The maximum Gasteiger partial charge on any atom is 0.345 e. The predicted octanol–water partition coefficient (Wildman–Crippen LogP) is 2.75. The summed E-state index contributed by atoms with van der Waals surface area (Å²) in [4.78, 5) is 52.7. The standard InChI is InChI=1S/C23H26N4O7/c1-14-18(15(2)34-24-14)21(29)25-10-7-23(8-11-25)9-12-26(13-23)20(28)16-5-4-6-17(27(31)32)19(16)22(30)33-3/h4-6H,7-13H2,1-3H3. The van der Waals surface area contributed by atoms with Crippen molar-refractivity contribution in [1.29, 1.82) is 0 Å². The van der Waals surface area contributed by atoms with Gasteiger partial charge in [-0.25, -0.2) is 4.79 Å². The van der Waals surface area contributed by atoms with Crippen molar-refractivity contribution in [3.63, 3.8) is 0 Å². The number of nitro benzene ring substituents is 1. The molecule has 11 heteroatoms. The predicted molar refractivity (Wildman–Crippen MR) is 119 cm³/mol. The van der Waals surface area contributed by atoms with Gasteiger partial charge in [-0.05, 0) is 44.6 Å². The maximum atomic E-state index is 13.3. The van der Waals surface area contributed by atoms with Gasteiger partial charge in [-0.1, -0.05) is 11.2 Å². The lowest BCUT2D eigenvalue weighted by Crippen LogP contribution is -2.45. The minimum absolute atomic E-state index is 0.0379. The summed E-state index contributed by atoms with van der Waals surface area (Å²) >= 11 is 0. The second kappa shape index (κ2) is 8.88. The third-order valence-corrected chi connectivity index (χ3v) is 6.94. The molecule has 3 heterocycles. The lowest BCUT2D eigenvalue weighted by molar-refractivity contribution is -0.385. The molecule has 1 spiro atoms. The summed E-state index contributed by atoms with van der Waals surface area (Å²) < 4.78 is 9.83. The zero-order chi connectivity index (χ0) is 24.6. The van der Waals surface area contributed by atoms with Gasteiger partial charge in [0.15, 0.2) is 0 Å². The van der Waals surface area contributed by atoms with Crippen LogP contribution in [-0.2, 0) is 4.74 Å². The molecule has 11 nitrogen and oxygen atoms in total. The van der Waals surface area contributed by atoms with E-state index < -0.39 is 22.5 Å². The normalized spacial score (nSPS) is 17.1. The minimum atomic E-state index is -0.921. The molecule has 0 bridgehead atoms. The Bertz CT molecular complexity index is 1140. The van der Waals surface area contributed by atoms with Gasteiger partial charge < -0.3 is 19.1 Å². The second-order valence-corrected chi connectivity index (χ2v) is 8.92. The first-order valence-corrected chi connectivity index (χ1v) is 11.0. The van der Waals surface area contributed by atoms with Crippen molar-refractivity contribution in [2.45, 2.75) is 33.1 Å². The number of aryl methyl sites for hydroxylation is 2. The van der Waals surface area contributed by atoms with Crippen molar-refractivity contribution in [2.75, 3.05) is 33.3 Å². The molecule has 0 radical (unpaired) electrons. The summed E-state index contributed by atoms with van der Waals surface area (Å²) in [5.41, 5.74) is 0.0961. The van der Waals surface area contributed by atoms with Crippen molar-refractivity contribution in [3.05, 3.63) is 56.5 Å². The quantitative estimate of drug-likeness (QED) is 0.378. The van der Waals surface area contributed by atoms with Gasteiger partial charge in [0.1, 0.15) is 16.9 Å². The largest absolute Gasteiger partial charge is 0.465 e. The van der Waals surface area contributed by atoms with E-state index in [9.17, 15) is 24.5 Å². The monoisotopic (exact) mass is 470 g/mol. The molecule has 2 aliphatic rings. The Balaban J connectivity index is 1.48. The van der Waals surface area contributed by atoms with Crippen LogP contribution in [0.4, 0.5) is 5.69 Å². The van der Waals surface area contributed by atoms with Crippen LogP contribution >= 0.6 is 0 Å². The van der Waals surface area contributed by atoms with Crippen LogP contribution in [0.2, 0.25) is 0 Å².